The smallest absolute Gasteiger partial charge is 0.227 e. The number of rotatable bonds is 7. The van der Waals surface area contributed by atoms with Crippen LogP contribution in [-0.2, 0) is 29.2 Å². The average molecular weight is 480 g/mol. The number of ether oxygens (including phenoxy) is 1. The number of likely N-dealkylation sites (tertiary alicyclic amines) is 1. The summed E-state index contributed by atoms with van der Waals surface area (Å²) in [5, 5.41) is 0. The van der Waals surface area contributed by atoms with E-state index < -0.39 is 11.6 Å². The van der Waals surface area contributed by atoms with E-state index in [1.54, 1.807) is 4.90 Å². The molecule has 3 aromatic rings. The first kappa shape index (κ1) is 24.9. The van der Waals surface area contributed by atoms with Gasteiger partial charge >= 0.3 is 0 Å². The standard InChI is InChI=1S/C28H31F2N3O2/c1-18-11-19(2)13-21(12-18)16-35-17-23-15-31-20(3)32-28(23)22-7-9-33(10-8-22)27(34)14-24-25(29)5-4-6-26(24)30/h4-6,11-13,15,22H,7-10,14,16-17H2,1-3H3. The predicted octanol–water partition coefficient (Wildman–Crippen LogP) is 5.35. The van der Waals surface area contributed by atoms with Crippen molar-refractivity contribution in [2.45, 2.75) is 59.2 Å². The Kier molecular flexibility index (Phi) is 7.86. The van der Waals surface area contributed by atoms with E-state index in [9.17, 15) is 13.6 Å². The fourth-order valence-corrected chi connectivity index (χ4v) is 4.77. The van der Waals surface area contributed by atoms with Crippen LogP contribution in [0.1, 0.15) is 58.1 Å². The van der Waals surface area contributed by atoms with Gasteiger partial charge in [-0.15, -0.1) is 0 Å². The number of nitrogens with zero attached hydrogens (tertiary/aromatic N) is 3. The summed E-state index contributed by atoms with van der Waals surface area (Å²) in [6.07, 6.45) is 3.02. The largest absolute Gasteiger partial charge is 0.372 e. The Hall–Kier alpha value is -3.19. The molecule has 0 atom stereocenters. The maximum Gasteiger partial charge on any atom is 0.227 e. The molecule has 0 N–H and O–H groups in total. The minimum Gasteiger partial charge on any atom is -0.372 e. The van der Waals surface area contributed by atoms with Gasteiger partial charge in [-0.3, -0.25) is 4.79 Å². The third kappa shape index (κ3) is 6.28. The normalized spacial score (nSPS) is 14.4. The van der Waals surface area contributed by atoms with Gasteiger partial charge in [-0.25, -0.2) is 18.7 Å². The van der Waals surface area contributed by atoms with Gasteiger partial charge in [0, 0.05) is 36.3 Å². The molecule has 4 rings (SSSR count). The Morgan fingerprint density at radius 1 is 1.03 bits per heavy atom. The van der Waals surface area contributed by atoms with Crippen LogP contribution in [0.3, 0.4) is 0 Å². The molecule has 0 unspecified atom stereocenters. The molecule has 7 heteroatoms. The number of aromatic nitrogens is 2. The lowest BCUT2D eigenvalue weighted by atomic mass is 9.90. The highest BCUT2D eigenvalue weighted by molar-refractivity contribution is 5.79. The number of amides is 1. The van der Waals surface area contributed by atoms with Crippen LogP contribution >= 0.6 is 0 Å². The Morgan fingerprint density at radius 3 is 2.34 bits per heavy atom. The van der Waals surface area contributed by atoms with Crippen molar-refractivity contribution < 1.29 is 18.3 Å². The van der Waals surface area contributed by atoms with Crippen molar-refractivity contribution in [3.63, 3.8) is 0 Å². The molecule has 0 spiro atoms. The topological polar surface area (TPSA) is 55.3 Å². The van der Waals surface area contributed by atoms with Crippen molar-refractivity contribution in [3.05, 3.63) is 93.6 Å². The Bertz CT molecular complexity index is 1170. The maximum absolute atomic E-state index is 14.0. The molecule has 0 bridgehead atoms. The maximum atomic E-state index is 14.0. The SMILES string of the molecule is Cc1cc(C)cc(COCc2cnc(C)nc2C2CCN(C(=O)Cc3c(F)cccc3F)CC2)c1. The van der Waals surface area contributed by atoms with E-state index in [-0.39, 0.29) is 23.8 Å². The first-order valence-corrected chi connectivity index (χ1v) is 12.0. The monoisotopic (exact) mass is 479 g/mol. The fraction of sp³-hybridized carbons (Fsp3) is 0.393. The van der Waals surface area contributed by atoms with Crippen LogP contribution in [0.25, 0.3) is 0 Å². The molecule has 35 heavy (non-hydrogen) atoms. The van der Waals surface area contributed by atoms with Crippen LogP contribution in [0, 0.1) is 32.4 Å². The second-order valence-corrected chi connectivity index (χ2v) is 9.35. The highest BCUT2D eigenvalue weighted by atomic mass is 19.1. The van der Waals surface area contributed by atoms with E-state index in [2.05, 4.69) is 37.0 Å². The van der Waals surface area contributed by atoms with Crippen LogP contribution in [0.15, 0.2) is 42.6 Å². The van der Waals surface area contributed by atoms with Crippen molar-refractivity contribution >= 4 is 5.91 Å². The van der Waals surface area contributed by atoms with Gasteiger partial charge in [0.05, 0.1) is 25.3 Å². The molecule has 1 fully saturated rings. The van der Waals surface area contributed by atoms with Gasteiger partial charge in [0.2, 0.25) is 5.91 Å². The summed E-state index contributed by atoms with van der Waals surface area (Å²) < 4.78 is 33.9. The lowest BCUT2D eigenvalue weighted by Crippen LogP contribution is -2.39. The summed E-state index contributed by atoms with van der Waals surface area (Å²) in [7, 11) is 0. The van der Waals surface area contributed by atoms with Crippen molar-refractivity contribution in [1.29, 1.82) is 0 Å². The lowest BCUT2D eigenvalue weighted by molar-refractivity contribution is -0.131. The molecule has 1 saturated heterocycles. The minimum absolute atomic E-state index is 0.172. The first-order chi connectivity index (χ1) is 16.8. The van der Waals surface area contributed by atoms with Crippen molar-refractivity contribution in [2.24, 2.45) is 0 Å². The second kappa shape index (κ2) is 11.0. The Labute approximate surface area is 205 Å². The summed E-state index contributed by atoms with van der Waals surface area (Å²) in [5.41, 5.74) is 5.30. The van der Waals surface area contributed by atoms with Gasteiger partial charge in [-0.1, -0.05) is 35.4 Å². The molecule has 2 aromatic carbocycles. The Balaban J connectivity index is 1.37. The Morgan fingerprint density at radius 2 is 1.69 bits per heavy atom. The van der Waals surface area contributed by atoms with E-state index in [0.29, 0.717) is 32.1 Å². The molecule has 1 aliphatic heterocycles. The van der Waals surface area contributed by atoms with Gasteiger partial charge in [-0.2, -0.15) is 0 Å². The number of piperidine rings is 1. The summed E-state index contributed by atoms with van der Waals surface area (Å²) in [6.45, 7) is 7.98. The minimum atomic E-state index is -0.685. The molecule has 1 aromatic heterocycles. The first-order valence-electron chi connectivity index (χ1n) is 12.0. The van der Waals surface area contributed by atoms with E-state index in [0.717, 1.165) is 29.7 Å². The molecular formula is C28H31F2N3O2. The van der Waals surface area contributed by atoms with Gasteiger partial charge in [0.1, 0.15) is 17.5 Å². The van der Waals surface area contributed by atoms with Crippen molar-refractivity contribution in [3.8, 4) is 0 Å². The third-order valence-corrected chi connectivity index (χ3v) is 6.45. The van der Waals surface area contributed by atoms with Crippen molar-refractivity contribution in [2.75, 3.05) is 13.1 Å². The molecule has 5 nitrogen and oxygen atoms in total. The number of benzene rings is 2. The number of carbonyl (C=O) groups is 1. The van der Waals surface area contributed by atoms with Gasteiger partial charge in [0.25, 0.3) is 0 Å². The molecule has 2 heterocycles. The number of hydrogen-bond acceptors (Lipinski definition) is 4. The highest BCUT2D eigenvalue weighted by Gasteiger charge is 2.27. The zero-order chi connectivity index (χ0) is 24.9. The summed E-state index contributed by atoms with van der Waals surface area (Å²) in [6, 6.07) is 10.0. The lowest BCUT2D eigenvalue weighted by Gasteiger charge is -2.32. The molecule has 184 valence electrons. The molecule has 0 aliphatic carbocycles. The van der Waals surface area contributed by atoms with Gasteiger partial charge in [0.15, 0.2) is 0 Å². The average Bonchev–Trinajstić information content (AvgIpc) is 2.82. The van der Waals surface area contributed by atoms with E-state index >= 15 is 0 Å². The van der Waals surface area contributed by atoms with Crippen LogP contribution in [0.4, 0.5) is 8.78 Å². The van der Waals surface area contributed by atoms with Gasteiger partial charge in [-0.05, 0) is 51.3 Å². The zero-order valence-corrected chi connectivity index (χ0v) is 20.5. The molecule has 1 aliphatic rings. The highest BCUT2D eigenvalue weighted by Crippen LogP contribution is 2.30. The summed E-state index contributed by atoms with van der Waals surface area (Å²) in [5.74, 6) is -0.758. The van der Waals surface area contributed by atoms with Crippen LogP contribution in [0.2, 0.25) is 0 Å². The van der Waals surface area contributed by atoms with E-state index in [4.69, 9.17) is 9.72 Å². The summed E-state index contributed by atoms with van der Waals surface area (Å²) >= 11 is 0. The number of aryl methyl sites for hydroxylation is 3. The zero-order valence-electron chi connectivity index (χ0n) is 20.5. The number of carbonyl (C=O) groups excluding carboxylic acids is 1. The molecular weight excluding hydrogens is 448 g/mol. The van der Waals surface area contributed by atoms with Crippen molar-refractivity contribution in [1.82, 2.24) is 14.9 Å². The van der Waals surface area contributed by atoms with Gasteiger partial charge < -0.3 is 9.64 Å². The van der Waals surface area contributed by atoms with E-state index in [1.807, 2.05) is 13.1 Å². The van der Waals surface area contributed by atoms with Crippen LogP contribution < -0.4 is 0 Å². The van der Waals surface area contributed by atoms with Crippen LogP contribution in [0.5, 0.6) is 0 Å². The second-order valence-electron chi connectivity index (χ2n) is 9.35. The molecule has 0 radical (unpaired) electrons. The predicted molar refractivity (Wildman–Crippen MR) is 130 cm³/mol. The molecule has 0 saturated carbocycles. The quantitative estimate of drug-likeness (QED) is 0.459. The van der Waals surface area contributed by atoms with Crippen LogP contribution in [-0.4, -0.2) is 33.9 Å². The molecule has 1 amide bonds. The number of hydrogen-bond donors (Lipinski definition) is 0. The third-order valence-electron chi connectivity index (χ3n) is 6.45. The fourth-order valence-electron chi connectivity index (χ4n) is 4.77. The summed E-state index contributed by atoms with van der Waals surface area (Å²) in [4.78, 5) is 23.5. The number of halogens is 2. The van der Waals surface area contributed by atoms with E-state index in [1.165, 1.54) is 29.3 Å².